The Labute approximate surface area is 197 Å². The Morgan fingerprint density at radius 3 is 2.53 bits per heavy atom. The van der Waals surface area contributed by atoms with Crippen LogP contribution in [0.4, 0.5) is 29.1 Å². The minimum atomic E-state index is -2.72. The van der Waals surface area contributed by atoms with Gasteiger partial charge in [-0.25, -0.2) is 18.2 Å². The van der Waals surface area contributed by atoms with Crippen molar-refractivity contribution in [2.75, 3.05) is 16.8 Å². The molecule has 1 aliphatic heterocycles. The van der Waals surface area contributed by atoms with Crippen LogP contribution in [0.3, 0.4) is 0 Å². The summed E-state index contributed by atoms with van der Waals surface area (Å²) in [6.45, 7) is 6.71. The third kappa shape index (κ3) is 5.70. The molecule has 0 saturated heterocycles. The second kappa shape index (κ2) is 9.19. The number of amides is 1. The first kappa shape index (κ1) is 24.5. The fraction of sp³-hybridized carbons (Fsp3) is 0.538. The van der Waals surface area contributed by atoms with Crippen LogP contribution in [0.2, 0.25) is 0 Å². The summed E-state index contributed by atoms with van der Waals surface area (Å²) in [7, 11) is 0. The Balaban J connectivity index is 1.66. The van der Waals surface area contributed by atoms with Crippen molar-refractivity contribution in [1.29, 1.82) is 0 Å². The Morgan fingerprint density at radius 1 is 1.15 bits per heavy atom. The number of aromatic nitrogens is 1. The molecule has 0 unspecified atom stereocenters. The fourth-order valence-electron chi connectivity index (χ4n) is 4.86. The van der Waals surface area contributed by atoms with Gasteiger partial charge in [-0.1, -0.05) is 26.8 Å². The van der Waals surface area contributed by atoms with Gasteiger partial charge in [-0.15, -0.1) is 0 Å². The maximum atomic E-state index is 15.4. The van der Waals surface area contributed by atoms with Gasteiger partial charge in [-0.2, -0.15) is 4.39 Å². The van der Waals surface area contributed by atoms with Gasteiger partial charge in [0.05, 0.1) is 0 Å². The van der Waals surface area contributed by atoms with E-state index < -0.39 is 11.9 Å². The summed E-state index contributed by atoms with van der Waals surface area (Å²) in [6.07, 6.45) is 0.658. The first-order valence-corrected chi connectivity index (χ1v) is 11.8. The number of rotatable bonds is 4. The second-order valence-corrected chi connectivity index (χ2v) is 10.7. The molecule has 0 radical (unpaired) electrons. The van der Waals surface area contributed by atoms with E-state index in [0.29, 0.717) is 30.9 Å². The Kier molecular flexibility index (Phi) is 6.62. The Hall–Kier alpha value is -2.64. The molecule has 2 aliphatic rings. The summed E-state index contributed by atoms with van der Waals surface area (Å²) in [4.78, 5) is 18.7. The van der Waals surface area contributed by atoms with E-state index in [0.717, 1.165) is 11.1 Å². The van der Waals surface area contributed by atoms with E-state index in [2.05, 4.69) is 10.3 Å². The summed E-state index contributed by atoms with van der Waals surface area (Å²) < 4.78 is 56.6. The molecule has 4 rings (SSSR count). The highest BCUT2D eigenvalue weighted by atomic mass is 19.3. The van der Waals surface area contributed by atoms with Crippen LogP contribution in [0.25, 0.3) is 0 Å². The SMILES string of the molecule is CC(C)(C)CC(=O)Nc1c(C2CCC(F)(F)CC2)cc(N2CCc3cc(F)ccc3C2)nc1F. The van der Waals surface area contributed by atoms with Gasteiger partial charge in [0.25, 0.3) is 0 Å². The maximum absolute atomic E-state index is 15.4. The topological polar surface area (TPSA) is 45.2 Å². The van der Waals surface area contributed by atoms with E-state index in [4.69, 9.17) is 0 Å². The summed E-state index contributed by atoms with van der Waals surface area (Å²) in [5.74, 6) is -4.05. The highest BCUT2D eigenvalue weighted by Gasteiger charge is 2.37. The maximum Gasteiger partial charge on any atom is 0.248 e. The number of anilines is 2. The van der Waals surface area contributed by atoms with Gasteiger partial charge < -0.3 is 10.2 Å². The number of carbonyl (C=O) groups is 1. The predicted octanol–water partition coefficient (Wildman–Crippen LogP) is 6.59. The lowest BCUT2D eigenvalue weighted by atomic mass is 9.81. The fourth-order valence-corrected chi connectivity index (χ4v) is 4.86. The van der Waals surface area contributed by atoms with Gasteiger partial charge in [0.2, 0.25) is 17.8 Å². The number of fused-ring (bicyclic) bond motifs is 1. The standard InChI is InChI=1S/C26H31F4N3O/c1-25(2,3)14-22(34)32-23-20(16-6-9-26(29,30)10-7-16)13-21(31-24(23)28)33-11-8-17-12-19(27)5-4-18(17)15-33/h4-5,12-13,16H,6-11,14-15H2,1-3H3,(H,32,34). The molecular formula is C26H31F4N3O. The molecule has 4 nitrogen and oxygen atoms in total. The average Bonchev–Trinajstić information content (AvgIpc) is 2.73. The summed E-state index contributed by atoms with van der Waals surface area (Å²) >= 11 is 0. The quantitative estimate of drug-likeness (QED) is 0.399. The minimum absolute atomic E-state index is 0.00676. The van der Waals surface area contributed by atoms with Gasteiger partial charge in [0.1, 0.15) is 17.3 Å². The van der Waals surface area contributed by atoms with E-state index >= 15 is 4.39 Å². The molecule has 184 valence electrons. The molecule has 1 aromatic carbocycles. The van der Waals surface area contributed by atoms with Crippen LogP contribution >= 0.6 is 0 Å². The van der Waals surface area contributed by atoms with Crippen molar-refractivity contribution in [2.24, 2.45) is 5.41 Å². The van der Waals surface area contributed by atoms with Gasteiger partial charge in [0.15, 0.2) is 0 Å². The molecule has 1 aliphatic carbocycles. The van der Waals surface area contributed by atoms with Crippen LogP contribution < -0.4 is 10.2 Å². The molecule has 0 spiro atoms. The van der Waals surface area contributed by atoms with Crippen molar-refractivity contribution in [1.82, 2.24) is 4.98 Å². The molecule has 0 atom stereocenters. The third-order valence-corrected chi connectivity index (χ3v) is 6.61. The number of alkyl halides is 2. The molecule has 2 heterocycles. The zero-order chi connectivity index (χ0) is 24.7. The molecule has 0 bridgehead atoms. The molecule has 34 heavy (non-hydrogen) atoms. The number of hydrogen-bond acceptors (Lipinski definition) is 3. The van der Waals surface area contributed by atoms with Crippen LogP contribution in [-0.4, -0.2) is 23.4 Å². The van der Waals surface area contributed by atoms with Crippen LogP contribution in [-0.2, 0) is 17.8 Å². The van der Waals surface area contributed by atoms with Crippen molar-refractivity contribution in [3.8, 4) is 0 Å². The van der Waals surface area contributed by atoms with Crippen LogP contribution in [0.15, 0.2) is 24.3 Å². The molecule has 2 aromatic rings. The van der Waals surface area contributed by atoms with E-state index in [9.17, 15) is 18.0 Å². The zero-order valence-electron chi connectivity index (χ0n) is 19.9. The van der Waals surface area contributed by atoms with Crippen molar-refractivity contribution in [3.05, 3.63) is 52.7 Å². The summed E-state index contributed by atoms with van der Waals surface area (Å²) in [5.41, 5.74) is 2.08. The predicted molar refractivity (Wildman–Crippen MR) is 124 cm³/mol. The molecule has 1 fully saturated rings. The summed E-state index contributed by atoms with van der Waals surface area (Å²) in [6, 6.07) is 6.37. The molecule has 1 N–H and O–H groups in total. The van der Waals surface area contributed by atoms with Crippen LogP contribution in [0, 0.1) is 17.2 Å². The van der Waals surface area contributed by atoms with Crippen LogP contribution in [0.5, 0.6) is 0 Å². The Bertz CT molecular complexity index is 1070. The van der Waals surface area contributed by atoms with Crippen molar-refractivity contribution in [3.63, 3.8) is 0 Å². The second-order valence-electron chi connectivity index (χ2n) is 10.7. The zero-order valence-corrected chi connectivity index (χ0v) is 19.9. The third-order valence-electron chi connectivity index (χ3n) is 6.61. The number of nitrogens with zero attached hydrogens (tertiary/aromatic N) is 2. The largest absolute Gasteiger partial charge is 0.352 e. The number of hydrogen-bond donors (Lipinski definition) is 1. The molecule has 1 saturated carbocycles. The lowest BCUT2D eigenvalue weighted by molar-refractivity contribution is -0.117. The smallest absolute Gasteiger partial charge is 0.248 e. The lowest BCUT2D eigenvalue weighted by Gasteiger charge is -2.33. The van der Waals surface area contributed by atoms with Gasteiger partial charge in [0, 0.05) is 32.4 Å². The van der Waals surface area contributed by atoms with Crippen molar-refractivity contribution < 1.29 is 22.4 Å². The molecule has 1 aromatic heterocycles. The van der Waals surface area contributed by atoms with Crippen LogP contribution in [0.1, 0.15) is 75.5 Å². The van der Waals surface area contributed by atoms with Gasteiger partial charge in [-0.05, 0) is 65.5 Å². The number of carbonyl (C=O) groups excluding carboxylic acids is 1. The van der Waals surface area contributed by atoms with E-state index in [1.807, 2.05) is 25.7 Å². The summed E-state index contributed by atoms with van der Waals surface area (Å²) in [5, 5.41) is 2.68. The van der Waals surface area contributed by atoms with Crippen molar-refractivity contribution in [2.45, 2.75) is 77.7 Å². The number of halogens is 4. The molecular weight excluding hydrogens is 446 g/mol. The minimum Gasteiger partial charge on any atom is -0.352 e. The van der Waals surface area contributed by atoms with E-state index in [-0.39, 0.29) is 60.8 Å². The van der Waals surface area contributed by atoms with E-state index in [1.165, 1.54) is 12.1 Å². The number of nitrogens with one attached hydrogen (secondary N) is 1. The average molecular weight is 478 g/mol. The first-order valence-electron chi connectivity index (χ1n) is 11.8. The highest BCUT2D eigenvalue weighted by Crippen LogP contribution is 2.44. The number of benzene rings is 1. The van der Waals surface area contributed by atoms with Crippen molar-refractivity contribution >= 4 is 17.4 Å². The van der Waals surface area contributed by atoms with Gasteiger partial charge in [-0.3, -0.25) is 4.79 Å². The van der Waals surface area contributed by atoms with E-state index in [1.54, 1.807) is 12.1 Å². The molecule has 1 amide bonds. The Morgan fingerprint density at radius 2 is 1.85 bits per heavy atom. The molecule has 8 heteroatoms. The van der Waals surface area contributed by atoms with Gasteiger partial charge >= 0.3 is 0 Å². The number of pyridine rings is 1. The highest BCUT2D eigenvalue weighted by molar-refractivity contribution is 5.92. The normalized spacial score (nSPS) is 18.5. The lowest BCUT2D eigenvalue weighted by Crippen LogP contribution is -2.32. The monoisotopic (exact) mass is 477 g/mol. The first-order chi connectivity index (χ1) is 15.9.